The highest BCUT2D eigenvalue weighted by Gasteiger charge is 2.12. The van der Waals surface area contributed by atoms with E-state index in [9.17, 15) is 13.2 Å². The predicted octanol–water partition coefficient (Wildman–Crippen LogP) is 3.74. The lowest BCUT2D eigenvalue weighted by Gasteiger charge is -2.03. The number of ether oxygens (including phenoxy) is 1. The third kappa shape index (κ3) is 5.11. The van der Waals surface area contributed by atoms with Gasteiger partial charge in [-0.15, -0.1) is 0 Å². The maximum Gasteiger partial charge on any atom is 0.338 e. The van der Waals surface area contributed by atoms with E-state index in [1.54, 1.807) is 55.5 Å². The van der Waals surface area contributed by atoms with Gasteiger partial charge in [0.05, 0.1) is 23.3 Å². The number of sulfonamides is 1. The van der Waals surface area contributed by atoms with Crippen molar-refractivity contribution in [1.29, 1.82) is 0 Å². The minimum atomic E-state index is -3.74. The first-order valence-corrected chi connectivity index (χ1v) is 10.4. The van der Waals surface area contributed by atoms with E-state index in [0.717, 1.165) is 11.1 Å². The molecule has 2 aromatic carbocycles. The molecule has 0 fully saturated rings. The Morgan fingerprint density at radius 1 is 1.07 bits per heavy atom. The summed E-state index contributed by atoms with van der Waals surface area (Å²) in [5, 5.41) is 3.76. The van der Waals surface area contributed by atoms with Crippen molar-refractivity contribution in [2.75, 3.05) is 6.61 Å². The highest BCUT2D eigenvalue weighted by molar-refractivity contribution is 7.89. The Balaban J connectivity index is 1.67. The fraction of sp³-hybridized carbons (Fsp3) is 0.143. The van der Waals surface area contributed by atoms with Gasteiger partial charge in [0.15, 0.2) is 0 Å². The summed E-state index contributed by atoms with van der Waals surface area (Å²) in [7, 11) is -3.74. The second-order valence-corrected chi connectivity index (χ2v) is 7.83. The molecule has 1 N–H and O–H groups in total. The van der Waals surface area contributed by atoms with Crippen LogP contribution in [0.3, 0.4) is 0 Å². The molecule has 1 heterocycles. The molecule has 3 aromatic rings. The lowest BCUT2D eigenvalue weighted by molar-refractivity contribution is 0.0526. The van der Waals surface area contributed by atoms with Crippen LogP contribution in [0.15, 0.2) is 75.1 Å². The quantitative estimate of drug-likeness (QED) is 0.362. The van der Waals surface area contributed by atoms with Crippen molar-refractivity contribution in [3.05, 3.63) is 77.6 Å². The number of carbonyl (C=O) groups excluding carboxylic acids is 1. The van der Waals surface area contributed by atoms with Gasteiger partial charge in [-0.3, -0.25) is 0 Å². The van der Waals surface area contributed by atoms with Gasteiger partial charge >= 0.3 is 5.97 Å². The molecule has 0 atom stereocenters. The average molecular weight is 412 g/mol. The summed E-state index contributed by atoms with van der Waals surface area (Å²) in [6, 6.07) is 16.6. The fourth-order valence-corrected chi connectivity index (χ4v) is 3.28. The zero-order valence-electron chi connectivity index (χ0n) is 16.0. The normalized spacial score (nSPS) is 11.5. The minimum Gasteiger partial charge on any atom is -0.462 e. The number of nitrogens with one attached hydrogen (secondary N) is 1. The largest absolute Gasteiger partial charge is 0.462 e. The molecule has 0 spiro atoms. The van der Waals surface area contributed by atoms with Crippen molar-refractivity contribution < 1.29 is 22.4 Å². The molecule has 29 heavy (non-hydrogen) atoms. The Labute approximate surface area is 169 Å². The number of benzene rings is 2. The Morgan fingerprint density at radius 2 is 1.76 bits per heavy atom. The number of hydrogen-bond donors (Lipinski definition) is 1. The molecule has 0 bridgehead atoms. The summed E-state index contributed by atoms with van der Waals surface area (Å²) in [4.78, 5) is 14.0. The molecule has 0 radical (unpaired) electrons. The van der Waals surface area contributed by atoms with Crippen molar-refractivity contribution >= 4 is 22.2 Å². The lowest BCUT2D eigenvalue weighted by atomic mass is 10.1. The van der Waals surface area contributed by atoms with E-state index in [-0.39, 0.29) is 10.9 Å². The van der Waals surface area contributed by atoms with Gasteiger partial charge < -0.3 is 9.15 Å². The van der Waals surface area contributed by atoms with Crippen molar-refractivity contribution in [2.45, 2.75) is 18.7 Å². The van der Waals surface area contributed by atoms with Crippen LogP contribution in [0.4, 0.5) is 0 Å². The third-order valence-corrected chi connectivity index (χ3v) is 5.24. The standard InChI is InChI=1S/C21H20N2O5S/c1-3-27-21(24)17-8-6-16(7-9-17)20-13-10-18(28-20)14-22-23-29(25,26)19-11-4-15(2)5-12-19/h4-14,23H,3H2,1-2H3. The summed E-state index contributed by atoms with van der Waals surface area (Å²) >= 11 is 0. The highest BCUT2D eigenvalue weighted by Crippen LogP contribution is 2.22. The number of rotatable bonds is 7. The monoisotopic (exact) mass is 412 g/mol. The van der Waals surface area contributed by atoms with E-state index in [1.807, 2.05) is 6.92 Å². The van der Waals surface area contributed by atoms with E-state index < -0.39 is 10.0 Å². The van der Waals surface area contributed by atoms with Crippen LogP contribution in [-0.4, -0.2) is 27.2 Å². The predicted molar refractivity (Wildman–Crippen MR) is 109 cm³/mol. The van der Waals surface area contributed by atoms with Crippen LogP contribution in [0.5, 0.6) is 0 Å². The van der Waals surface area contributed by atoms with Gasteiger partial charge in [-0.1, -0.05) is 29.8 Å². The lowest BCUT2D eigenvalue weighted by Crippen LogP contribution is -2.18. The molecule has 0 aliphatic heterocycles. The average Bonchev–Trinajstić information content (AvgIpc) is 3.17. The van der Waals surface area contributed by atoms with Gasteiger partial charge in [-0.2, -0.15) is 18.4 Å². The molecule has 0 saturated carbocycles. The maximum atomic E-state index is 12.2. The van der Waals surface area contributed by atoms with Gasteiger partial charge in [0, 0.05) is 5.56 Å². The summed E-state index contributed by atoms with van der Waals surface area (Å²) in [6.07, 6.45) is 1.28. The SMILES string of the molecule is CCOC(=O)c1ccc(-c2ccc(C=NNS(=O)(=O)c3ccc(C)cc3)o2)cc1. The second kappa shape index (κ2) is 8.74. The van der Waals surface area contributed by atoms with Crippen LogP contribution in [0, 0.1) is 6.92 Å². The molecule has 8 heteroatoms. The molecular weight excluding hydrogens is 392 g/mol. The molecule has 7 nitrogen and oxygen atoms in total. The summed E-state index contributed by atoms with van der Waals surface area (Å²) in [6.45, 7) is 3.94. The maximum absolute atomic E-state index is 12.2. The number of aryl methyl sites for hydroxylation is 1. The van der Waals surface area contributed by atoms with Crippen LogP contribution in [-0.2, 0) is 14.8 Å². The Morgan fingerprint density at radius 3 is 2.41 bits per heavy atom. The smallest absolute Gasteiger partial charge is 0.338 e. The van der Waals surface area contributed by atoms with E-state index in [4.69, 9.17) is 9.15 Å². The van der Waals surface area contributed by atoms with Crippen molar-refractivity contribution in [3.8, 4) is 11.3 Å². The Kier molecular flexibility index (Phi) is 6.13. The number of furan rings is 1. The zero-order chi connectivity index (χ0) is 20.9. The third-order valence-electron chi connectivity index (χ3n) is 4.00. The molecule has 3 rings (SSSR count). The van der Waals surface area contributed by atoms with Crippen molar-refractivity contribution in [2.24, 2.45) is 5.10 Å². The molecule has 1 aromatic heterocycles. The van der Waals surface area contributed by atoms with Gasteiger partial charge in [-0.25, -0.2) is 4.79 Å². The molecule has 0 aliphatic rings. The first-order valence-electron chi connectivity index (χ1n) is 8.88. The van der Waals surface area contributed by atoms with Crippen LogP contribution >= 0.6 is 0 Å². The number of nitrogens with zero attached hydrogens (tertiary/aromatic N) is 1. The van der Waals surface area contributed by atoms with E-state index in [2.05, 4.69) is 9.93 Å². The number of carbonyl (C=O) groups is 1. The first kappa shape index (κ1) is 20.3. The second-order valence-electron chi connectivity index (χ2n) is 6.17. The number of hydrazone groups is 1. The summed E-state index contributed by atoms with van der Waals surface area (Å²) in [5.41, 5.74) is 2.18. The summed E-state index contributed by atoms with van der Waals surface area (Å²) < 4.78 is 35.0. The minimum absolute atomic E-state index is 0.127. The van der Waals surface area contributed by atoms with Crippen molar-refractivity contribution in [3.63, 3.8) is 0 Å². The van der Waals surface area contributed by atoms with E-state index >= 15 is 0 Å². The van der Waals surface area contributed by atoms with Gasteiger partial charge in [0.1, 0.15) is 11.5 Å². The first-order chi connectivity index (χ1) is 13.9. The Bertz CT molecular complexity index is 1110. The van der Waals surface area contributed by atoms with Gasteiger partial charge in [0.25, 0.3) is 10.0 Å². The van der Waals surface area contributed by atoms with Crippen LogP contribution in [0.25, 0.3) is 11.3 Å². The number of esters is 1. The molecule has 0 saturated heterocycles. The van der Waals surface area contributed by atoms with Crippen LogP contribution in [0.1, 0.15) is 28.6 Å². The molecule has 150 valence electrons. The highest BCUT2D eigenvalue weighted by atomic mass is 32.2. The van der Waals surface area contributed by atoms with Crippen LogP contribution < -0.4 is 4.83 Å². The molecule has 0 amide bonds. The number of hydrogen-bond acceptors (Lipinski definition) is 6. The fourth-order valence-electron chi connectivity index (χ4n) is 2.49. The van der Waals surface area contributed by atoms with Crippen LogP contribution in [0.2, 0.25) is 0 Å². The van der Waals surface area contributed by atoms with Gasteiger partial charge in [0.2, 0.25) is 0 Å². The van der Waals surface area contributed by atoms with E-state index in [0.29, 0.717) is 23.7 Å². The molecule has 0 unspecified atom stereocenters. The summed E-state index contributed by atoms with van der Waals surface area (Å²) in [5.74, 6) is 0.552. The van der Waals surface area contributed by atoms with Gasteiger partial charge in [-0.05, 0) is 50.2 Å². The van der Waals surface area contributed by atoms with E-state index in [1.165, 1.54) is 18.3 Å². The topological polar surface area (TPSA) is 98.0 Å². The van der Waals surface area contributed by atoms with Crippen molar-refractivity contribution in [1.82, 2.24) is 4.83 Å². The molecular formula is C21H20N2O5S. The Hall–Kier alpha value is -3.39. The zero-order valence-corrected chi connectivity index (χ0v) is 16.8. The molecule has 0 aliphatic carbocycles.